The number of likely N-dealkylation sites (N-methyl/N-ethyl adjacent to an activating group) is 1. The third-order valence-corrected chi connectivity index (χ3v) is 6.47. The van der Waals surface area contributed by atoms with Crippen molar-refractivity contribution in [3.05, 3.63) is 34.7 Å². The van der Waals surface area contributed by atoms with E-state index >= 15 is 0 Å². The maximum atomic E-state index is 13.0. The van der Waals surface area contributed by atoms with Crippen LogP contribution < -0.4 is 22.3 Å². The maximum absolute atomic E-state index is 13.0. The number of carbonyl (C=O) groups is 1. The minimum absolute atomic E-state index is 0.102. The molecule has 0 bridgehead atoms. The van der Waals surface area contributed by atoms with Crippen molar-refractivity contribution in [2.45, 2.75) is 5.79 Å². The number of carbonyl (C=O) groups excluding carboxylic acids is 1. The fraction of sp³-hybridized carbons (Fsp3) is 0.474. The van der Waals surface area contributed by atoms with Crippen molar-refractivity contribution < 1.29 is 4.79 Å². The second-order valence-corrected chi connectivity index (χ2v) is 8.90. The van der Waals surface area contributed by atoms with Gasteiger partial charge in [-0.2, -0.15) is 5.43 Å². The van der Waals surface area contributed by atoms with Crippen LogP contribution in [-0.2, 0) is 5.79 Å². The molecule has 2 aromatic rings. The van der Waals surface area contributed by atoms with E-state index < -0.39 is 5.79 Å². The summed E-state index contributed by atoms with van der Waals surface area (Å²) in [4.78, 5) is 24.5. The molecule has 1 amide bonds. The van der Waals surface area contributed by atoms with Crippen molar-refractivity contribution in [1.82, 2.24) is 25.6 Å². The molecule has 0 radical (unpaired) electrons. The molecule has 3 heterocycles. The van der Waals surface area contributed by atoms with Gasteiger partial charge in [0.1, 0.15) is 0 Å². The SMILES string of the molecule is CN(C)CCN1CCN(C(=O)c2cc3cc(C4(N)N=C(N)NN4)ccc3s2)CC1. The number of aliphatic imine (C=N–C) groups is 1. The highest BCUT2D eigenvalue weighted by Gasteiger charge is 2.32. The highest BCUT2D eigenvalue weighted by Crippen LogP contribution is 2.30. The van der Waals surface area contributed by atoms with Crippen LogP contribution in [-0.4, -0.2) is 79.9 Å². The number of amides is 1. The van der Waals surface area contributed by atoms with Crippen molar-refractivity contribution in [3.8, 4) is 0 Å². The quantitative estimate of drug-likeness (QED) is 0.530. The first-order chi connectivity index (χ1) is 13.8. The van der Waals surface area contributed by atoms with Gasteiger partial charge in [-0.25, -0.2) is 4.99 Å². The van der Waals surface area contributed by atoms with E-state index in [0.29, 0.717) is 0 Å². The number of nitrogens with one attached hydrogen (secondary N) is 2. The van der Waals surface area contributed by atoms with Gasteiger partial charge in [0, 0.05) is 49.5 Å². The lowest BCUT2D eigenvalue weighted by Gasteiger charge is -2.35. The van der Waals surface area contributed by atoms with Crippen LogP contribution in [0, 0.1) is 0 Å². The molecule has 2 aliphatic heterocycles. The van der Waals surface area contributed by atoms with Gasteiger partial charge in [0.15, 0.2) is 0 Å². The predicted octanol–water partition coefficient (Wildman–Crippen LogP) is -0.288. The van der Waals surface area contributed by atoms with Gasteiger partial charge >= 0.3 is 0 Å². The summed E-state index contributed by atoms with van der Waals surface area (Å²) in [6.45, 7) is 5.44. The minimum atomic E-state index is -1.10. The van der Waals surface area contributed by atoms with Gasteiger partial charge in [-0.05, 0) is 37.7 Å². The molecule has 2 aliphatic rings. The van der Waals surface area contributed by atoms with Crippen LogP contribution in [0.2, 0.25) is 0 Å². The van der Waals surface area contributed by atoms with Crippen molar-refractivity contribution in [1.29, 1.82) is 0 Å². The van der Waals surface area contributed by atoms with Crippen LogP contribution in [0.5, 0.6) is 0 Å². The summed E-state index contributed by atoms with van der Waals surface area (Å²) in [7, 11) is 4.17. The third-order valence-electron chi connectivity index (χ3n) is 5.37. The Kier molecular flexibility index (Phi) is 5.45. The first-order valence-corrected chi connectivity index (χ1v) is 10.5. The van der Waals surface area contributed by atoms with Gasteiger partial charge in [0.25, 0.3) is 5.91 Å². The summed E-state index contributed by atoms with van der Waals surface area (Å²) < 4.78 is 1.05. The highest BCUT2D eigenvalue weighted by atomic mass is 32.1. The lowest BCUT2D eigenvalue weighted by Crippen LogP contribution is -2.50. The number of benzene rings is 1. The summed E-state index contributed by atoms with van der Waals surface area (Å²) in [5, 5.41) is 0.979. The number of nitrogens with zero attached hydrogens (tertiary/aromatic N) is 4. The molecule has 4 rings (SSSR count). The lowest BCUT2D eigenvalue weighted by molar-refractivity contribution is 0.0634. The predicted molar refractivity (Wildman–Crippen MR) is 116 cm³/mol. The van der Waals surface area contributed by atoms with Crippen LogP contribution in [0.4, 0.5) is 0 Å². The number of guanidine groups is 1. The van der Waals surface area contributed by atoms with E-state index in [9.17, 15) is 4.79 Å². The highest BCUT2D eigenvalue weighted by molar-refractivity contribution is 7.20. The van der Waals surface area contributed by atoms with Crippen molar-refractivity contribution in [2.75, 3.05) is 53.4 Å². The molecule has 1 aromatic heterocycles. The smallest absolute Gasteiger partial charge is 0.264 e. The molecule has 1 fully saturated rings. The Balaban J connectivity index is 1.45. The summed E-state index contributed by atoms with van der Waals surface area (Å²) in [5.74, 6) is -0.753. The van der Waals surface area contributed by atoms with E-state index in [1.165, 1.54) is 11.3 Å². The fourth-order valence-corrected chi connectivity index (χ4v) is 4.61. The van der Waals surface area contributed by atoms with Crippen LogP contribution >= 0.6 is 11.3 Å². The molecule has 0 spiro atoms. The number of thiophene rings is 1. The van der Waals surface area contributed by atoms with Crippen molar-refractivity contribution in [3.63, 3.8) is 0 Å². The van der Waals surface area contributed by atoms with E-state index in [-0.39, 0.29) is 11.9 Å². The molecule has 156 valence electrons. The zero-order chi connectivity index (χ0) is 20.6. The Bertz CT molecular complexity index is 933. The summed E-state index contributed by atoms with van der Waals surface area (Å²) in [6.07, 6.45) is 0. The second kappa shape index (κ2) is 7.88. The van der Waals surface area contributed by atoms with Crippen molar-refractivity contribution >= 4 is 33.3 Å². The molecule has 1 unspecified atom stereocenters. The van der Waals surface area contributed by atoms with E-state index in [4.69, 9.17) is 11.5 Å². The second-order valence-electron chi connectivity index (χ2n) is 7.81. The molecule has 0 aliphatic carbocycles. The number of rotatable bonds is 5. The number of piperazine rings is 1. The van der Waals surface area contributed by atoms with Gasteiger partial charge in [-0.1, -0.05) is 6.07 Å². The molecular formula is C19H28N8OS. The van der Waals surface area contributed by atoms with Crippen LogP contribution in [0.25, 0.3) is 10.1 Å². The molecule has 29 heavy (non-hydrogen) atoms. The number of hydrogen-bond acceptors (Lipinski definition) is 9. The normalized spacial score (nSPS) is 22.9. The molecule has 6 N–H and O–H groups in total. The number of nitrogens with two attached hydrogens (primary N) is 2. The first kappa shape index (κ1) is 20.0. The summed E-state index contributed by atoms with van der Waals surface area (Å²) in [5.41, 5.74) is 18.4. The Labute approximate surface area is 174 Å². The fourth-order valence-electron chi connectivity index (χ4n) is 3.60. The third kappa shape index (κ3) is 4.21. The number of hydrazine groups is 1. The van der Waals surface area contributed by atoms with E-state index in [2.05, 4.69) is 39.7 Å². The zero-order valence-corrected chi connectivity index (χ0v) is 17.6. The largest absolute Gasteiger partial charge is 0.369 e. The Morgan fingerprint density at radius 2 is 2.03 bits per heavy atom. The Morgan fingerprint density at radius 3 is 2.69 bits per heavy atom. The molecule has 1 aromatic carbocycles. The molecule has 1 atom stereocenters. The van der Waals surface area contributed by atoms with E-state index in [0.717, 1.165) is 59.8 Å². The lowest BCUT2D eigenvalue weighted by atomic mass is 10.1. The monoisotopic (exact) mass is 416 g/mol. The summed E-state index contributed by atoms with van der Waals surface area (Å²) in [6, 6.07) is 7.79. The minimum Gasteiger partial charge on any atom is -0.369 e. The van der Waals surface area contributed by atoms with Gasteiger partial charge in [0.2, 0.25) is 11.7 Å². The number of hydrogen-bond donors (Lipinski definition) is 4. The first-order valence-electron chi connectivity index (χ1n) is 9.72. The van der Waals surface area contributed by atoms with Crippen LogP contribution in [0.1, 0.15) is 15.2 Å². The zero-order valence-electron chi connectivity index (χ0n) is 16.8. The Hall–Kier alpha value is -2.24. The average Bonchev–Trinajstić information content (AvgIpc) is 3.29. The van der Waals surface area contributed by atoms with Crippen LogP contribution in [0.15, 0.2) is 29.3 Å². The van der Waals surface area contributed by atoms with Gasteiger partial charge in [0.05, 0.1) is 4.88 Å². The molecular weight excluding hydrogens is 388 g/mol. The van der Waals surface area contributed by atoms with E-state index in [1.807, 2.05) is 29.2 Å². The topological polar surface area (TPSA) is 115 Å². The van der Waals surface area contributed by atoms with Gasteiger partial charge in [-0.3, -0.25) is 20.9 Å². The maximum Gasteiger partial charge on any atom is 0.264 e. The van der Waals surface area contributed by atoms with Gasteiger partial charge in [-0.15, -0.1) is 11.3 Å². The van der Waals surface area contributed by atoms with Crippen molar-refractivity contribution in [2.24, 2.45) is 16.5 Å². The standard InChI is InChI=1S/C19H28N8OS/c1-25(2)5-6-26-7-9-27(10-8-26)17(28)16-12-13-11-14(3-4-15(13)29-16)19(21)22-18(20)23-24-19/h3-4,11-12,24H,5-10,21H2,1-2H3,(H3,20,22,23). The molecule has 1 saturated heterocycles. The number of fused-ring (bicyclic) bond motifs is 1. The van der Waals surface area contributed by atoms with Crippen LogP contribution in [0.3, 0.4) is 0 Å². The van der Waals surface area contributed by atoms with E-state index in [1.54, 1.807) is 0 Å². The Morgan fingerprint density at radius 1 is 1.28 bits per heavy atom. The van der Waals surface area contributed by atoms with Gasteiger partial charge < -0.3 is 15.5 Å². The summed E-state index contributed by atoms with van der Waals surface area (Å²) >= 11 is 1.52. The molecule has 0 saturated carbocycles. The molecule has 10 heteroatoms. The average molecular weight is 417 g/mol. The molecule has 9 nitrogen and oxygen atoms in total.